The maximum Gasteiger partial charge on any atom is 0.0369 e. The molecule has 0 aromatic heterocycles. The Morgan fingerprint density at radius 2 is 2.17 bits per heavy atom. The molecule has 2 heteroatoms. The number of nitrogens with one attached hydrogen (secondary N) is 1. The van der Waals surface area contributed by atoms with Crippen LogP contribution in [0.1, 0.15) is 38.7 Å². The Kier molecular flexibility index (Phi) is 4.28. The van der Waals surface area contributed by atoms with Gasteiger partial charge in [0.25, 0.3) is 0 Å². The van der Waals surface area contributed by atoms with Crippen LogP contribution in [0.4, 0.5) is 5.69 Å². The lowest BCUT2D eigenvalue weighted by molar-refractivity contribution is 0.281. The number of hydrogen-bond donors (Lipinski definition) is 1. The van der Waals surface area contributed by atoms with Crippen LogP contribution in [-0.2, 0) is 0 Å². The van der Waals surface area contributed by atoms with E-state index in [9.17, 15) is 0 Å². The molecule has 1 fully saturated rings. The Labute approximate surface area is 111 Å². The molecule has 1 unspecified atom stereocenters. The molecular formula is C16H26N2. The van der Waals surface area contributed by atoms with Gasteiger partial charge in [-0.05, 0) is 57.9 Å². The molecule has 1 atom stereocenters. The third-order valence-electron chi connectivity index (χ3n) is 4.00. The summed E-state index contributed by atoms with van der Waals surface area (Å²) in [5.74, 6) is 0. The highest BCUT2D eigenvalue weighted by molar-refractivity contribution is 5.48. The van der Waals surface area contributed by atoms with Crippen LogP contribution in [0.3, 0.4) is 0 Å². The zero-order valence-electron chi connectivity index (χ0n) is 12.0. The van der Waals surface area contributed by atoms with Crippen molar-refractivity contribution in [2.45, 2.75) is 45.6 Å². The number of rotatable bonds is 4. The van der Waals surface area contributed by atoms with Crippen LogP contribution in [-0.4, -0.2) is 25.2 Å². The van der Waals surface area contributed by atoms with Crippen molar-refractivity contribution < 1.29 is 0 Å². The summed E-state index contributed by atoms with van der Waals surface area (Å²) in [6.45, 7) is 10.1. The minimum atomic E-state index is 0.276. The molecule has 1 saturated heterocycles. The second kappa shape index (κ2) is 5.75. The molecule has 2 nitrogen and oxygen atoms in total. The van der Waals surface area contributed by atoms with Gasteiger partial charge in [0, 0.05) is 24.3 Å². The molecule has 1 N–H and O–H groups in total. The molecule has 18 heavy (non-hydrogen) atoms. The third kappa shape index (κ3) is 3.26. The molecular weight excluding hydrogens is 220 g/mol. The van der Waals surface area contributed by atoms with E-state index in [1.165, 1.54) is 37.1 Å². The smallest absolute Gasteiger partial charge is 0.0369 e. The van der Waals surface area contributed by atoms with E-state index in [4.69, 9.17) is 0 Å². The SMILES string of the molecule is CCN(CC1(C)CCCCN1)c1cccc(C)c1. The summed E-state index contributed by atoms with van der Waals surface area (Å²) in [7, 11) is 0. The largest absolute Gasteiger partial charge is 0.370 e. The predicted molar refractivity (Wildman–Crippen MR) is 79.3 cm³/mol. The van der Waals surface area contributed by atoms with Crippen molar-refractivity contribution in [2.24, 2.45) is 0 Å². The van der Waals surface area contributed by atoms with Crippen molar-refractivity contribution in [1.29, 1.82) is 0 Å². The molecule has 0 spiro atoms. The van der Waals surface area contributed by atoms with Crippen LogP contribution < -0.4 is 10.2 Å². The van der Waals surface area contributed by atoms with E-state index in [-0.39, 0.29) is 5.54 Å². The van der Waals surface area contributed by atoms with Gasteiger partial charge in [-0.1, -0.05) is 18.6 Å². The number of nitrogens with zero attached hydrogens (tertiary/aromatic N) is 1. The number of piperidine rings is 1. The Morgan fingerprint density at radius 1 is 1.33 bits per heavy atom. The molecule has 1 aromatic rings. The zero-order chi connectivity index (χ0) is 13.0. The fourth-order valence-electron chi connectivity index (χ4n) is 2.89. The van der Waals surface area contributed by atoms with Crippen molar-refractivity contribution in [3.8, 4) is 0 Å². The van der Waals surface area contributed by atoms with Crippen molar-refractivity contribution in [3.05, 3.63) is 29.8 Å². The fraction of sp³-hybridized carbons (Fsp3) is 0.625. The minimum absolute atomic E-state index is 0.276. The molecule has 100 valence electrons. The second-order valence-corrected chi connectivity index (χ2v) is 5.80. The molecule has 1 aliphatic heterocycles. The van der Waals surface area contributed by atoms with Crippen molar-refractivity contribution >= 4 is 5.69 Å². The highest BCUT2D eigenvalue weighted by Crippen LogP contribution is 2.23. The van der Waals surface area contributed by atoms with E-state index < -0.39 is 0 Å². The van der Waals surface area contributed by atoms with Gasteiger partial charge in [0.1, 0.15) is 0 Å². The van der Waals surface area contributed by atoms with Gasteiger partial charge in [-0.25, -0.2) is 0 Å². The van der Waals surface area contributed by atoms with Crippen LogP contribution in [0, 0.1) is 6.92 Å². The lowest BCUT2D eigenvalue weighted by Crippen LogP contribution is -2.53. The lowest BCUT2D eigenvalue weighted by Gasteiger charge is -2.40. The molecule has 1 heterocycles. The van der Waals surface area contributed by atoms with Gasteiger partial charge in [0.05, 0.1) is 0 Å². The summed E-state index contributed by atoms with van der Waals surface area (Å²) in [5, 5.41) is 3.70. The molecule has 1 aliphatic rings. The van der Waals surface area contributed by atoms with E-state index in [1.54, 1.807) is 0 Å². The standard InChI is InChI=1S/C16H26N2/c1-4-18(15-9-7-8-14(2)12-15)13-16(3)10-5-6-11-17-16/h7-9,12,17H,4-6,10-11,13H2,1-3H3. The highest BCUT2D eigenvalue weighted by Gasteiger charge is 2.28. The van der Waals surface area contributed by atoms with E-state index in [0.29, 0.717) is 0 Å². The minimum Gasteiger partial charge on any atom is -0.370 e. The molecule has 2 rings (SSSR count). The van der Waals surface area contributed by atoms with Gasteiger partial charge in [-0.2, -0.15) is 0 Å². The van der Waals surface area contributed by atoms with Gasteiger partial charge in [0.2, 0.25) is 0 Å². The number of benzene rings is 1. The lowest BCUT2D eigenvalue weighted by atomic mass is 9.90. The van der Waals surface area contributed by atoms with Gasteiger partial charge < -0.3 is 10.2 Å². The third-order valence-corrected chi connectivity index (χ3v) is 4.00. The Hall–Kier alpha value is -1.02. The monoisotopic (exact) mass is 246 g/mol. The van der Waals surface area contributed by atoms with E-state index in [2.05, 4.69) is 55.3 Å². The number of anilines is 1. The number of likely N-dealkylation sites (N-methyl/N-ethyl adjacent to an activating group) is 1. The topological polar surface area (TPSA) is 15.3 Å². The summed E-state index contributed by atoms with van der Waals surface area (Å²) in [4.78, 5) is 2.49. The maximum atomic E-state index is 3.70. The predicted octanol–water partition coefficient (Wildman–Crippen LogP) is 3.35. The van der Waals surface area contributed by atoms with Crippen LogP contribution in [0.2, 0.25) is 0 Å². The molecule has 1 aromatic carbocycles. The quantitative estimate of drug-likeness (QED) is 0.876. The van der Waals surface area contributed by atoms with E-state index >= 15 is 0 Å². The highest BCUT2D eigenvalue weighted by atomic mass is 15.2. The second-order valence-electron chi connectivity index (χ2n) is 5.80. The molecule has 0 bridgehead atoms. The Bertz CT molecular complexity index is 380. The summed E-state index contributed by atoms with van der Waals surface area (Å²) in [5.41, 5.74) is 2.97. The van der Waals surface area contributed by atoms with E-state index in [1.807, 2.05) is 0 Å². The average molecular weight is 246 g/mol. The molecule has 0 saturated carbocycles. The summed E-state index contributed by atoms with van der Waals surface area (Å²) in [6, 6.07) is 8.83. The van der Waals surface area contributed by atoms with Crippen molar-refractivity contribution in [3.63, 3.8) is 0 Å². The van der Waals surface area contributed by atoms with E-state index in [0.717, 1.165) is 13.1 Å². The first-order valence-electron chi connectivity index (χ1n) is 7.20. The van der Waals surface area contributed by atoms with Gasteiger partial charge >= 0.3 is 0 Å². The Balaban J connectivity index is 2.09. The average Bonchev–Trinajstić information content (AvgIpc) is 2.37. The Morgan fingerprint density at radius 3 is 2.78 bits per heavy atom. The number of aryl methyl sites for hydroxylation is 1. The first kappa shape index (κ1) is 13.4. The zero-order valence-corrected chi connectivity index (χ0v) is 12.0. The maximum absolute atomic E-state index is 3.70. The summed E-state index contributed by atoms with van der Waals surface area (Å²) < 4.78 is 0. The van der Waals surface area contributed by atoms with Crippen molar-refractivity contribution in [1.82, 2.24) is 5.32 Å². The van der Waals surface area contributed by atoms with Crippen LogP contribution in [0.5, 0.6) is 0 Å². The molecule has 0 amide bonds. The fourth-order valence-corrected chi connectivity index (χ4v) is 2.89. The van der Waals surface area contributed by atoms with Crippen LogP contribution in [0.15, 0.2) is 24.3 Å². The first-order chi connectivity index (χ1) is 8.63. The normalized spacial score (nSPS) is 23.9. The summed E-state index contributed by atoms with van der Waals surface area (Å²) in [6.07, 6.45) is 3.97. The number of hydrogen-bond acceptors (Lipinski definition) is 2. The van der Waals surface area contributed by atoms with Crippen LogP contribution in [0.25, 0.3) is 0 Å². The molecule has 0 aliphatic carbocycles. The van der Waals surface area contributed by atoms with Gasteiger partial charge in [0.15, 0.2) is 0 Å². The molecule has 0 radical (unpaired) electrons. The van der Waals surface area contributed by atoms with Crippen molar-refractivity contribution in [2.75, 3.05) is 24.5 Å². The first-order valence-corrected chi connectivity index (χ1v) is 7.20. The van der Waals surface area contributed by atoms with Crippen LogP contribution >= 0.6 is 0 Å². The summed E-state index contributed by atoms with van der Waals surface area (Å²) >= 11 is 0. The van der Waals surface area contributed by atoms with Gasteiger partial charge in [-0.15, -0.1) is 0 Å². The van der Waals surface area contributed by atoms with Gasteiger partial charge in [-0.3, -0.25) is 0 Å².